The molecule has 0 bridgehead atoms. The average Bonchev–Trinajstić information content (AvgIpc) is 1.94. The molecule has 0 fully saturated rings. The Balaban J connectivity index is 3.27. The predicted octanol–water partition coefficient (Wildman–Crippen LogP) is -1.29. The van der Waals surface area contributed by atoms with Crippen LogP contribution in [0.4, 0.5) is 0 Å². The van der Waals surface area contributed by atoms with Gasteiger partial charge in [0.05, 0.1) is 0 Å². The average molecular weight is 155 g/mol. The topological polar surface area (TPSA) is 120 Å². The first-order valence-corrected chi connectivity index (χ1v) is 2.50. The fourth-order valence-corrected chi connectivity index (χ4v) is 0.463. The number of aromatic nitrogens is 3. The quantitative estimate of drug-likeness (QED) is 0.520. The zero-order chi connectivity index (χ0) is 8.43. The Labute approximate surface area is 60.5 Å². The van der Waals surface area contributed by atoms with Crippen molar-refractivity contribution < 1.29 is 15.0 Å². The third-order valence-electron chi connectivity index (χ3n) is 0.935. The monoisotopic (exact) mass is 155 g/mol. The molecule has 0 saturated heterocycles. The Bertz CT molecular complexity index is 299. The number of nitrogens with zero attached hydrogens (tertiary/aromatic N) is 3. The summed E-state index contributed by atoms with van der Waals surface area (Å²) >= 11 is 0. The van der Waals surface area contributed by atoms with E-state index in [1.165, 1.54) is 0 Å². The Morgan fingerprint density at radius 1 is 1.36 bits per heavy atom. The predicted molar refractivity (Wildman–Crippen MR) is 30.6 cm³/mol. The summed E-state index contributed by atoms with van der Waals surface area (Å²) in [4.78, 5) is 10.3. The molecule has 0 aliphatic rings. The number of carbonyl (C=O) groups is 1. The molecule has 57 valence electrons. The fraction of sp³-hybridized carbons (Fsp3) is 0. The number of hydrogen-bond acceptors (Lipinski definition) is 6. The highest BCUT2D eigenvalue weighted by Gasteiger charge is 2.15. The summed E-state index contributed by atoms with van der Waals surface area (Å²) in [7, 11) is 0. The largest absolute Gasteiger partial charge is 0.501 e. The highest BCUT2D eigenvalue weighted by Crippen LogP contribution is 2.21. The molecule has 1 heterocycles. The van der Waals surface area contributed by atoms with Gasteiger partial charge in [0.15, 0.2) is 0 Å². The lowest BCUT2D eigenvalue weighted by Crippen LogP contribution is -2.05. The molecule has 0 unspecified atom stereocenters. The Hall–Kier alpha value is -1.92. The molecule has 3 N–H and O–H groups in total. The van der Waals surface area contributed by atoms with E-state index < -0.39 is 23.2 Å². The Kier molecular flexibility index (Phi) is 1.55. The standard InChI is InChI=1S/C4H3N4O3/c5-3(10)1-2(9)4(11)7-8-6-1/h5H,(H,8,9)(H,6,7,11). The molecule has 7 nitrogen and oxygen atoms in total. The molecule has 1 radical (unpaired) electrons. The van der Waals surface area contributed by atoms with Crippen molar-refractivity contribution in [1.82, 2.24) is 21.1 Å². The summed E-state index contributed by atoms with van der Waals surface area (Å²) in [5, 5.41) is 26.3. The van der Waals surface area contributed by atoms with Crippen LogP contribution in [0, 0.1) is 0 Å². The zero-order valence-electron chi connectivity index (χ0n) is 5.14. The van der Waals surface area contributed by atoms with Crippen molar-refractivity contribution >= 4 is 5.91 Å². The van der Waals surface area contributed by atoms with Crippen molar-refractivity contribution in [2.45, 2.75) is 0 Å². The first kappa shape index (κ1) is 7.19. The summed E-state index contributed by atoms with van der Waals surface area (Å²) in [5.74, 6) is -2.86. The number of aromatic hydroxyl groups is 2. The molecule has 1 rings (SSSR count). The van der Waals surface area contributed by atoms with Gasteiger partial charge in [0.2, 0.25) is 11.4 Å². The highest BCUT2D eigenvalue weighted by atomic mass is 16.3. The van der Waals surface area contributed by atoms with Crippen molar-refractivity contribution in [3.8, 4) is 11.6 Å². The van der Waals surface area contributed by atoms with Crippen LogP contribution in [0.5, 0.6) is 11.6 Å². The van der Waals surface area contributed by atoms with E-state index in [-0.39, 0.29) is 0 Å². The maximum absolute atomic E-state index is 10.3. The van der Waals surface area contributed by atoms with Crippen LogP contribution in [0.15, 0.2) is 0 Å². The first-order chi connectivity index (χ1) is 5.13. The van der Waals surface area contributed by atoms with Crippen molar-refractivity contribution in [1.29, 1.82) is 0 Å². The van der Waals surface area contributed by atoms with E-state index >= 15 is 0 Å². The van der Waals surface area contributed by atoms with Gasteiger partial charge in [0.25, 0.3) is 11.8 Å². The SMILES string of the molecule is [NH]C(=O)c1nnnc(O)c1O. The minimum Gasteiger partial charge on any atom is -0.501 e. The van der Waals surface area contributed by atoms with Crippen LogP contribution in [0.3, 0.4) is 0 Å². The van der Waals surface area contributed by atoms with E-state index in [0.717, 1.165) is 0 Å². The second kappa shape index (κ2) is 2.37. The molecule has 1 amide bonds. The van der Waals surface area contributed by atoms with Gasteiger partial charge in [0.1, 0.15) is 0 Å². The van der Waals surface area contributed by atoms with E-state index in [9.17, 15) is 4.79 Å². The van der Waals surface area contributed by atoms with Crippen molar-refractivity contribution in [2.75, 3.05) is 0 Å². The molecular weight excluding hydrogens is 152 g/mol. The van der Waals surface area contributed by atoms with Gasteiger partial charge in [-0.05, 0) is 5.21 Å². The second-order valence-corrected chi connectivity index (χ2v) is 1.64. The molecule has 7 heteroatoms. The maximum atomic E-state index is 10.3. The molecule has 1 aromatic heterocycles. The van der Waals surface area contributed by atoms with E-state index in [0.29, 0.717) is 0 Å². The summed E-state index contributed by atoms with van der Waals surface area (Å²) in [6.07, 6.45) is 0. The van der Waals surface area contributed by atoms with Gasteiger partial charge >= 0.3 is 0 Å². The van der Waals surface area contributed by atoms with Crippen LogP contribution in [0.1, 0.15) is 10.5 Å². The number of rotatable bonds is 1. The zero-order valence-corrected chi connectivity index (χ0v) is 5.14. The van der Waals surface area contributed by atoms with Gasteiger partial charge in [-0.25, -0.2) is 0 Å². The van der Waals surface area contributed by atoms with Crippen molar-refractivity contribution in [3.05, 3.63) is 5.69 Å². The third kappa shape index (κ3) is 1.16. The van der Waals surface area contributed by atoms with Gasteiger partial charge in [-0.1, -0.05) is 5.10 Å². The minimum absolute atomic E-state index is 0.613. The van der Waals surface area contributed by atoms with E-state index in [4.69, 9.17) is 15.9 Å². The molecule has 11 heavy (non-hydrogen) atoms. The third-order valence-corrected chi connectivity index (χ3v) is 0.935. The lowest BCUT2D eigenvalue weighted by molar-refractivity contribution is 0.0981. The second-order valence-electron chi connectivity index (χ2n) is 1.64. The lowest BCUT2D eigenvalue weighted by Gasteiger charge is -1.95. The van der Waals surface area contributed by atoms with Gasteiger partial charge in [-0.3, -0.25) is 10.5 Å². The van der Waals surface area contributed by atoms with E-state index in [1.54, 1.807) is 0 Å². The van der Waals surface area contributed by atoms with E-state index in [2.05, 4.69) is 15.4 Å². The van der Waals surface area contributed by atoms with Crippen LogP contribution in [-0.4, -0.2) is 31.5 Å². The summed E-state index contributed by atoms with van der Waals surface area (Å²) in [6, 6.07) is 0. The molecule has 0 aliphatic heterocycles. The van der Waals surface area contributed by atoms with Gasteiger partial charge in [-0.15, -0.1) is 5.10 Å². The Morgan fingerprint density at radius 3 is 2.45 bits per heavy atom. The number of amides is 1. The van der Waals surface area contributed by atoms with E-state index in [1.807, 2.05) is 0 Å². The smallest absolute Gasteiger partial charge is 0.294 e. The normalized spacial score (nSPS) is 9.45. The van der Waals surface area contributed by atoms with Crippen LogP contribution in [-0.2, 0) is 0 Å². The highest BCUT2D eigenvalue weighted by molar-refractivity contribution is 5.93. The van der Waals surface area contributed by atoms with Crippen LogP contribution >= 0.6 is 0 Å². The molecule has 0 spiro atoms. The lowest BCUT2D eigenvalue weighted by atomic mass is 10.4. The summed E-state index contributed by atoms with van der Waals surface area (Å²) < 4.78 is 0. The van der Waals surface area contributed by atoms with Crippen molar-refractivity contribution in [3.63, 3.8) is 0 Å². The number of nitrogens with one attached hydrogen (secondary N) is 1. The van der Waals surface area contributed by atoms with Crippen LogP contribution < -0.4 is 5.73 Å². The molecule has 0 aromatic carbocycles. The van der Waals surface area contributed by atoms with Crippen LogP contribution in [0.25, 0.3) is 0 Å². The Morgan fingerprint density at radius 2 is 2.00 bits per heavy atom. The molecule has 0 saturated carbocycles. The van der Waals surface area contributed by atoms with Crippen LogP contribution in [0.2, 0.25) is 0 Å². The molecule has 0 atom stereocenters. The number of hydrogen-bond donors (Lipinski definition) is 2. The summed E-state index contributed by atoms with van der Waals surface area (Å²) in [6.45, 7) is 0. The molecule has 0 aliphatic carbocycles. The number of carbonyl (C=O) groups excluding carboxylic acids is 1. The van der Waals surface area contributed by atoms with Gasteiger partial charge in [0, 0.05) is 0 Å². The van der Waals surface area contributed by atoms with Gasteiger partial charge < -0.3 is 10.2 Å². The first-order valence-electron chi connectivity index (χ1n) is 2.50. The molecular formula is C4H3N4O3. The summed E-state index contributed by atoms with van der Waals surface area (Å²) in [5.41, 5.74) is 5.90. The maximum Gasteiger partial charge on any atom is 0.294 e. The van der Waals surface area contributed by atoms with Gasteiger partial charge in [-0.2, -0.15) is 0 Å². The fourth-order valence-electron chi connectivity index (χ4n) is 0.463. The van der Waals surface area contributed by atoms with Crippen molar-refractivity contribution in [2.24, 2.45) is 0 Å². The minimum atomic E-state index is -1.23. The molecule has 1 aromatic rings.